The Balaban J connectivity index is 1.86. The van der Waals surface area contributed by atoms with E-state index in [0.717, 1.165) is 0 Å². The van der Waals surface area contributed by atoms with E-state index in [1.807, 2.05) is 29.5 Å². The van der Waals surface area contributed by atoms with Crippen molar-refractivity contribution in [1.29, 1.82) is 0 Å². The summed E-state index contributed by atoms with van der Waals surface area (Å²) in [6.45, 7) is 2.01. The van der Waals surface area contributed by atoms with Crippen LogP contribution in [0, 0.1) is 9.39 Å². The quantitative estimate of drug-likeness (QED) is 0.516. The number of hydrogen-bond donors (Lipinski definition) is 2. The summed E-state index contributed by atoms with van der Waals surface area (Å²) in [6, 6.07) is 10.7. The Morgan fingerprint density at radius 3 is 2.40 bits per heavy atom. The van der Waals surface area contributed by atoms with Crippen LogP contribution in [0.1, 0.15) is 17.3 Å². The van der Waals surface area contributed by atoms with Crippen LogP contribution in [0.15, 0.2) is 42.5 Å². The summed E-state index contributed by atoms with van der Waals surface area (Å²) in [5.74, 6) is -0.572. The molecular weight excluding hydrogens is 442 g/mol. The van der Waals surface area contributed by atoms with Crippen molar-refractivity contribution in [3.63, 3.8) is 0 Å². The fourth-order valence-corrected chi connectivity index (χ4v) is 2.61. The van der Waals surface area contributed by atoms with E-state index >= 15 is 0 Å². The Bertz CT molecular complexity index is 770. The van der Waals surface area contributed by atoms with Gasteiger partial charge in [0.05, 0.1) is 12.2 Å². The van der Waals surface area contributed by atoms with Crippen molar-refractivity contribution in [1.82, 2.24) is 10.9 Å². The first-order chi connectivity index (χ1) is 12.0. The second-order valence-corrected chi connectivity index (χ2v) is 5.96. The van der Waals surface area contributed by atoms with E-state index in [-0.39, 0.29) is 12.2 Å². The van der Waals surface area contributed by atoms with Gasteiger partial charge in [0.15, 0.2) is 18.1 Å². The molecule has 0 radical (unpaired) electrons. The summed E-state index contributed by atoms with van der Waals surface area (Å²) in [4.78, 5) is 23.8. The number of amides is 2. The molecule has 2 aromatic carbocycles. The monoisotopic (exact) mass is 458 g/mol. The van der Waals surface area contributed by atoms with Gasteiger partial charge in [-0.15, -0.1) is 0 Å². The van der Waals surface area contributed by atoms with E-state index in [4.69, 9.17) is 9.47 Å². The highest BCUT2D eigenvalue weighted by molar-refractivity contribution is 14.1. The van der Waals surface area contributed by atoms with Gasteiger partial charge >= 0.3 is 0 Å². The van der Waals surface area contributed by atoms with Gasteiger partial charge in [-0.3, -0.25) is 20.4 Å². The van der Waals surface area contributed by atoms with E-state index in [1.54, 1.807) is 24.3 Å². The summed E-state index contributed by atoms with van der Waals surface area (Å²) in [5, 5.41) is 0. The first kappa shape index (κ1) is 19.0. The van der Waals surface area contributed by atoms with Crippen LogP contribution < -0.4 is 20.3 Å². The van der Waals surface area contributed by atoms with E-state index in [2.05, 4.69) is 10.9 Å². The molecule has 0 saturated heterocycles. The molecule has 132 valence electrons. The average molecular weight is 458 g/mol. The molecule has 0 aliphatic carbocycles. The topological polar surface area (TPSA) is 76.7 Å². The molecule has 0 spiro atoms. The minimum Gasteiger partial charge on any atom is -0.490 e. The first-order valence-electron chi connectivity index (χ1n) is 7.40. The van der Waals surface area contributed by atoms with Gasteiger partial charge in [0, 0.05) is 3.57 Å². The zero-order chi connectivity index (χ0) is 18.2. The van der Waals surface area contributed by atoms with Gasteiger partial charge in [-0.05, 0) is 59.8 Å². The van der Waals surface area contributed by atoms with Crippen LogP contribution in [0.2, 0.25) is 0 Å². The minimum atomic E-state index is -0.549. The van der Waals surface area contributed by atoms with Gasteiger partial charge < -0.3 is 9.47 Å². The minimum absolute atomic E-state index is 0.255. The Hall–Kier alpha value is -2.36. The third kappa shape index (κ3) is 5.59. The van der Waals surface area contributed by atoms with Crippen LogP contribution in [-0.2, 0) is 4.79 Å². The summed E-state index contributed by atoms with van der Waals surface area (Å²) < 4.78 is 24.3. The van der Waals surface area contributed by atoms with Gasteiger partial charge in [-0.2, -0.15) is 0 Å². The van der Waals surface area contributed by atoms with Gasteiger partial charge in [0.2, 0.25) is 0 Å². The maximum absolute atomic E-state index is 13.0. The predicted octanol–water partition coefficient (Wildman–Crippen LogP) is 2.67. The fourth-order valence-electron chi connectivity index (χ4n) is 1.89. The Morgan fingerprint density at radius 1 is 1.08 bits per heavy atom. The molecule has 0 atom stereocenters. The highest BCUT2D eigenvalue weighted by Crippen LogP contribution is 2.26. The summed E-state index contributed by atoms with van der Waals surface area (Å²) >= 11 is 1.84. The molecule has 2 N–H and O–H groups in total. The number of benzene rings is 2. The van der Waals surface area contributed by atoms with Crippen LogP contribution in [0.25, 0.3) is 0 Å². The molecule has 0 aliphatic heterocycles. The van der Waals surface area contributed by atoms with Crippen LogP contribution in [0.4, 0.5) is 4.39 Å². The second kappa shape index (κ2) is 9.21. The highest BCUT2D eigenvalue weighted by Gasteiger charge is 2.12. The Labute approximate surface area is 157 Å². The number of carbonyl (C=O) groups excluding carboxylic acids is 2. The van der Waals surface area contributed by atoms with Crippen LogP contribution in [-0.4, -0.2) is 25.0 Å². The number of halogens is 2. The van der Waals surface area contributed by atoms with Gasteiger partial charge in [0.1, 0.15) is 5.82 Å². The molecule has 2 aromatic rings. The maximum atomic E-state index is 13.0. The summed E-state index contributed by atoms with van der Waals surface area (Å²) in [7, 11) is 0. The number of para-hydroxylation sites is 2. The number of carbonyl (C=O) groups is 2. The summed E-state index contributed by atoms with van der Waals surface area (Å²) in [5.41, 5.74) is 4.76. The van der Waals surface area contributed by atoms with Crippen molar-refractivity contribution in [2.75, 3.05) is 13.2 Å². The Morgan fingerprint density at radius 2 is 1.76 bits per heavy atom. The lowest BCUT2D eigenvalue weighted by atomic mass is 10.2. The fraction of sp³-hybridized carbons (Fsp3) is 0.176. The van der Waals surface area contributed by atoms with Crippen molar-refractivity contribution < 1.29 is 23.5 Å². The van der Waals surface area contributed by atoms with Crippen molar-refractivity contribution >= 4 is 34.4 Å². The lowest BCUT2D eigenvalue weighted by Crippen LogP contribution is -2.44. The van der Waals surface area contributed by atoms with E-state index in [1.165, 1.54) is 18.2 Å². The third-order valence-corrected chi connectivity index (χ3v) is 3.89. The smallest absolute Gasteiger partial charge is 0.276 e. The second-order valence-electron chi connectivity index (χ2n) is 4.79. The molecular formula is C17H16FIN2O4. The molecule has 25 heavy (non-hydrogen) atoms. The van der Waals surface area contributed by atoms with E-state index in [0.29, 0.717) is 21.7 Å². The molecule has 8 heteroatoms. The van der Waals surface area contributed by atoms with Gasteiger partial charge in [-0.1, -0.05) is 12.1 Å². The molecule has 6 nitrogen and oxygen atoms in total. The van der Waals surface area contributed by atoms with Gasteiger partial charge in [0.25, 0.3) is 11.8 Å². The number of hydrazine groups is 1. The molecule has 0 aromatic heterocycles. The van der Waals surface area contributed by atoms with Crippen molar-refractivity contribution in [2.45, 2.75) is 6.92 Å². The lowest BCUT2D eigenvalue weighted by Gasteiger charge is -2.12. The standard InChI is InChI=1S/C17H16FIN2O4/c1-2-24-14-5-3-4-6-15(14)25-10-16(22)20-21-17(23)12-8-7-11(18)9-13(12)19/h3-9H,2,10H2,1H3,(H,20,22)(H,21,23). The Kier molecular flexibility index (Phi) is 6.99. The van der Waals surface area contributed by atoms with E-state index in [9.17, 15) is 14.0 Å². The number of rotatable bonds is 6. The van der Waals surface area contributed by atoms with Crippen LogP contribution in [0.3, 0.4) is 0 Å². The highest BCUT2D eigenvalue weighted by atomic mass is 127. The molecule has 2 rings (SSSR count). The van der Waals surface area contributed by atoms with Crippen molar-refractivity contribution in [3.8, 4) is 11.5 Å². The summed E-state index contributed by atoms with van der Waals surface area (Å²) in [6.07, 6.45) is 0. The molecule has 0 unspecified atom stereocenters. The maximum Gasteiger partial charge on any atom is 0.276 e. The average Bonchev–Trinajstić information content (AvgIpc) is 2.59. The number of hydrogen-bond acceptors (Lipinski definition) is 4. The molecule has 0 saturated carbocycles. The zero-order valence-corrected chi connectivity index (χ0v) is 15.5. The number of ether oxygens (including phenoxy) is 2. The van der Waals surface area contributed by atoms with Crippen LogP contribution in [0.5, 0.6) is 11.5 Å². The van der Waals surface area contributed by atoms with Crippen molar-refractivity contribution in [3.05, 3.63) is 57.4 Å². The van der Waals surface area contributed by atoms with Crippen LogP contribution >= 0.6 is 22.6 Å². The lowest BCUT2D eigenvalue weighted by molar-refractivity contribution is -0.123. The first-order valence-corrected chi connectivity index (χ1v) is 8.48. The zero-order valence-electron chi connectivity index (χ0n) is 13.3. The molecule has 2 amide bonds. The van der Waals surface area contributed by atoms with E-state index < -0.39 is 17.6 Å². The predicted molar refractivity (Wildman–Crippen MR) is 97.8 cm³/mol. The SMILES string of the molecule is CCOc1ccccc1OCC(=O)NNC(=O)c1ccc(F)cc1I. The van der Waals surface area contributed by atoms with Gasteiger partial charge in [-0.25, -0.2) is 4.39 Å². The molecule has 0 bridgehead atoms. The number of nitrogens with one attached hydrogen (secondary N) is 2. The normalized spacial score (nSPS) is 10.0. The third-order valence-electron chi connectivity index (χ3n) is 3.00. The molecule has 0 fully saturated rings. The largest absolute Gasteiger partial charge is 0.490 e. The molecule has 0 aliphatic rings. The molecule has 0 heterocycles. The van der Waals surface area contributed by atoms with Crippen molar-refractivity contribution in [2.24, 2.45) is 0 Å².